The maximum Gasteiger partial charge on any atom is 0.411 e. The predicted octanol–water partition coefficient (Wildman–Crippen LogP) is 2.88. The number of methoxy groups -OCH3 is 1. The van der Waals surface area contributed by atoms with E-state index in [0.29, 0.717) is 16.9 Å². The van der Waals surface area contributed by atoms with E-state index >= 15 is 0 Å². The van der Waals surface area contributed by atoms with Gasteiger partial charge < -0.3 is 14.8 Å². The molecule has 9 nitrogen and oxygen atoms in total. The second-order valence-corrected chi connectivity index (χ2v) is 8.87. The van der Waals surface area contributed by atoms with Crippen molar-refractivity contribution in [2.45, 2.75) is 30.7 Å². The number of amides is 2. The Bertz CT molecular complexity index is 1070. The molecule has 0 radical (unpaired) electrons. The lowest BCUT2D eigenvalue weighted by Gasteiger charge is -2.12. The van der Waals surface area contributed by atoms with E-state index < -0.39 is 22.0 Å². The van der Waals surface area contributed by atoms with Gasteiger partial charge in [0, 0.05) is 30.1 Å². The van der Waals surface area contributed by atoms with Crippen molar-refractivity contribution in [1.29, 1.82) is 0 Å². The summed E-state index contributed by atoms with van der Waals surface area (Å²) in [7, 11) is -2.17. The maximum atomic E-state index is 12.8. The minimum absolute atomic E-state index is 0.0278. The molecular formula is C21H25N3O6S. The lowest BCUT2D eigenvalue weighted by Crippen LogP contribution is -2.26. The number of benzene rings is 2. The fourth-order valence-electron chi connectivity index (χ4n) is 2.75. The molecule has 3 N–H and O–H groups in total. The number of carbonyl (C=O) groups excluding carboxylic acids is 2. The molecule has 2 amide bonds. The first-order valence-corrected chi connectivity index (χ1v) is 11.2. The van der Waals surface area contributed by atoms with Gasteiger partial charge in [-0.3, -0.25) is 10.1 Å². The first-order valence-electron chi connectivity index (χ1n) is 9.75. The molecule has 1 saturated carbocycles. The van der Waals surface area contributed by atoms with Gasteiger partial charge in [0.2, 0.25) is 10.0 Å². The van der Waals surface area contributed by atoms with E-state index in [9.17, 15) is 18.0 Å². The zero-order chi connectivity index (χ0) is 22.4. The number of aryl methyl sites for hydroxylation is 1. The monoisotopic (exact) mass is 447 g/mol. The number of hydrogen-bond acceptors (Lipinski definition) is 6. The molecule has 1 aliphatic rings. The predicted molar refractivity (Wildman–Crippen MR) is 116 cm³/mol. The van der Waals surface area contributed by atoms with Gasteiger partial charge in [-0.1, -0.05) is 12.1 Å². The normalized spacial score (nSPS) is 13.5. The van der Waals surface area contributed by atoms with Crippen molar-refractivity contribution in [2.24, 2.45) is 0 Å². The molecule has 0 spiro atoms. The van der Waals surface area contributed by atoms with Crippen molar-refractivity contribution < 1.29 is 27.5 Å². The van der Waals surface area contributed by atoms with E-state index in [1.54, 1.807) is 37.3 Å². The van der Waals surface area contributed by atoms with Crippen LogP contribution < -0.4 is 15.4 Å². The average Bonchev–Trinajstić information content (AvgIpc) is 3.52. The van der Waals surface area contributed by atoms with Crippen LogP contribution in [0, 0.1) is 6.92 Å². The molecule has 31 heavy (non-hydrogen) atoms. The molecule has 2 aromatic carbocycles. The standard InChI is InChI=1S/C21H25N3O6S/c1-14-6-9-18(31(27,28)24-15-7-8-15)13-19(14)20(25)22-16-4-3-5-17(12-16)23-21(26)30-11-10-29-2/h3-6,9,12-13,15,24H,7-8,10-11H2,1-2H3,(H,22,25)(H,23,26). The lowest BCUT2D eigenvalue weighted by molar-refractivity contribution is 0.102. The fraction of sp³-hybridized carbons (Fsp3) is 0.333. The minimum atomic E-state index is -3.67. The van der Waals surface area contributed by atoms with Crippen LogP contribution in [0.1, 0.15) is 28.8 Å². The summed E-state index contributed by atoms with van der Waals surface area (Å²) in [6.45, 7) is 2.13. The van der Waals surface area contributed by atoms with E-state index in [1.165, 1.54) is 19.2 Å². The highest BCUT2D eigenvalue weighted by Crippen LogP contribution is 2.24. The summed E-state index contributed by atoms with van der Waals surface area (Å²) >= 11 is 0. The Morgan fingerprint density at radius 2 is 1.74 bits per heavy atom. The smallest absolute Gasteiger partial charge is 0.411 e. The summed E-state index contributed by atoms with van der Waals surface area (Å²) < 4.78 is 37.3. The van der Waals surface area contributed by atoms with Crippen molar-refractivity contribution in [1.82, 2.24) is 4.72 Å². The third-order valence-electron chi connectivity index (χ3n) is 4.55. The van der Waals surface area contributed by atoms with Gasteiger partial charge in [0.15, 0.2) is 0 Å². The number of rotatable bonds is 9. The van der Waals surface area contributed by atoms with Crippen molar-refractivity contribution in [2.75, 3.05) is 31.0 Å². The molecule has 10 heteroatoms. The van der Waals surface area contributed by atoms with Crippen molar-refractivity contribution in [3.63, 3.8) is 0 Å². The average molecular weight is 448 g/mol. The van der Waals surface area contributed by atoms with Gasteiger partial charge in [0.05, 0.1) is 11.5 Å². The topological polar surface area (TPSA) is 123 Å². The highest BCUT2D eigenvalue weighted by atomic mass is 32.2. The second kappa shape index (κ2) is 9.90. The molecule has 0 bridgehead atoms. The van der Waals surface area contributed by atoms with Crippen LogP contribution in [-0.2, 0) is 19.5 Å². The Morgan fingerprint density at radius 3 is 2.42 bits per heavy atom. The summed E-state index contributed by atoms with van der Waals surface area (Å²) in [5.74, 6) is -0.458. The lowest BCUT2D eigenvalue weighted by atomic mass is 10.1. The molecular weight excluding hydrogens is 422 g/mol. The third kappa shape index (κ3) is 6.51. The van der Waals surface area contributed by atoms with Gasteiger partial charge in [-0.2, -0.15) is 0 Å². The largest absolute Gasteiger partial charge is 0.447 e. The molecule has 0 heterocycles. The Morgan fingerprint density at radius 1 is 1.03 bits per heavy atom. The quantitative estimate of drug-likeness (QED) is 0.508. The second-order valence-electron chi connectivity index (χ2n) is 7.16. The molecule has 2 aromatic rings. The van der Waals surface area contributed by atoms with E-state index in [2.05, 4.69) is 15.4 Å². The van der Waals surface area contributed by atoms with Crippen molar-refractivity contribution >= 4 is 33.4 Å². The molecule has 0 unspecified atom stereocenters. The first kappa shape index (κ1) is 22.7. The Hall–Kier alpha value is -2.95. The van der Waals surface area contributed by atoms with Gasteiger partial charge in [-0.05, 0) is 55.7 Å². The highest BCUT2D eigenvalue weighted by Gasteiger charge is 2.28. The van der Waals surface area contributed by atoms with Gasteiger partial charge >= 0.3 is 6.09 Å². The number of ether oxygens (including phenoxy) is 2. The molecule has 0 atom stereocenters. The maximum absolute atomic E-state index is 12.8. The number of hydrogen-bond donors (Lipinski definition) is 3. The van der Waals surface area contributed by atoms with E-state index in [4.69, 9.17) is 9.47 Å². The van der Waals surface area contributed by atoms with Gasteiger partial charge in [-0.15, -0.1) is 0 Å². The van der Waals surface area contributed by atoms with E-state index in [1.807, 2.05) is 0 Å². The van der Waals surface area contributed by atoms with Crippen LogP contribution in [0.15, 0.2) is 47.4 Å². The Kier molecular flexibility index (Phi) is 7.26. The van der Waals surface area contributed by atoms with Gasteiger partial charge in [-0.25, -0.2) is 17.9 Å². The molecule has 1 fully saturated rings. The summed E-state index contributed by atoms with van der Waals surface area (Å²) in [4.78, 5) is 24.6. The molecule has 0 aliphatic heterocycles. The van der Waals surface area contributed by atoms with Crippen LogP contribution in [0.2, 0.25) is 0 Å². The highest BCUT2D eigenvalue weighted by molar-refractivity contribution is 7.89. The number of nitrogens with one attached hydrogen (secondary N) is 3. The molecule has 1 aliphatic carbocycles. The zero-order valence-electron chi connectivity index (χ0n) is 17.3. The minimum Gasteiger partial charge on any atom is -0.447 e. The summed E-state index contributed by atoms with van der Waals surface area (Å²) in [5.41, 5.74) is 1.75. The van der Waals surface area contributed by atoms with E-state index in [0.717, 1.165) is 12.8 Å². The van der Waals surface area contributed by atoms with Gasteiger partial charge in [0.25, 0.3) is 5.91 Å². The number of anilines is 2. The molecule has 0 saturated heterocycles. The fourth-order valence-corrected chi connectivity index (χ4v) is 4.08. The molecule has 0 aromatic heterocycles. The van der Waals surface area contributed by atoms with Crippen LogP contribution in [0.25, 0.3) is 0 Å². The number of carbonyl (C=O) groups is 2. The number of sulfonamides is 1. The van der Waals surface area contributed by atoms with Crippen LogP contribution in [0.4, 0.5) is 16.2 Å². The summed E-state index contributed by atoms with van der Waals surface area (Å²) in [6, 6.07) is 11.0. The summed E-state index contributed by atoms with van der Waals surface area (Å²) in [6.07, 6.45) is 1.00. The van der Waals surface area contributed by atoms with Crippen molar-refractivity contribution in [3.05, 3.63) is 53.6 Å². The van der Waals surface area contributed by atoms with E-state index in [-0.39, 0.29) is 29.7 Å². The zero-order valence-corrected chi connectivity index (χ0v) is 18.1. The van der Waals surface area contributed by atoms with Crippen molar-refractivity contribution in [3.8, 4) is 0 Å². The van der Waals surface area contributed by atoms with Crippen LogP contribution in [0.5, 0.6) is 0 Å². The SMILES string of the molecule is COCCOC(=O)Nc1cccc(NC(=O)c2cc(S(=O)(=O)NC3CC3)ccc2C)c1. The van der Waals surface area contributed by atoms with Crippen LogP contribution >= 0.6 is 0 Å². The van der Waals surface area contributed by atoms with Crippen LogP contribution in [0.3, 0.4) is 0 Å². The molecule has 3 rings (SSSR count). The summed E-state index contributed by atoms with van der Waals surface area (Å²) in [5, 5.41) is 5.29. The van der Waals surface area contributed by atoms with Gasteiger partial charge in [0.1, 0.15) is 6.61 Å². The Balaban J connectivity index is 1.70. The van der Waals surface area contributed by atoms with Crippen LogP contribution in [-0.4, -0.2) is 46.8 Å². The Labute approximate surface area is 181 Å². The third-order valence-corrected chi connectivity index (χ3v) is 6.07. The molecule has 166 valence electrons. The first-order chi connectivity index (χ1) is 14.8.